The second-order valence-electron chi connectivity index (χ2n) is 8.01. The molecule has 0 spiro atoms. The molecule has 2 aromatic carbocycles. The van der Waals surface area contributed by atoms with Gasteiger partial charge in [-0.15, -0.1) is 0 Å². The van der Waals surface area contributed by atoms with Gasteiger partial charge in [-0.3, -0.25) is 0 Å². The SMILES string of the molecule is CCCCCCOc1ccc(Nc2nc(Nc3ccc(OCCC)cc3)ncc2C(F)(F)F)cc1. The zero-order chi connectivity index (χ0) is 25.1. The molecule has 1 heterocycles. The first-order valence-electron chi connectivity index (χ1n) is 11.8. The topological polar surface area (TPSA) is 68.3 Å². The van der Waals surface area contributed by atoms with Gasteiger partial charge in [0.25, 0.3) is 0 Å². The minimum Gasteiger partial charge on any atom is -0.494 e. The predicted molar refractivity (Wildman–Crippen MR) is 132 cm³/mol. The molecule has 9 heteroatoms. The molecule has 0 atom stereocenters. The van der Waals surface area contributed by atoms with Crippen molar-refractivity contribution in [3.8, 4) is 11.5 Å². The number of unbranched alkanes of at least 4 members (excludes halogenated alkanes) is 3. The van der Waals surface area contributed by atoms with E-state index in [0.717, 1.165) is 31.9 Å². The Morgan fingerprint density at radius 3 is 1.91 bits per heavy atom. The largest absolute Gasteiger partial charge is 0.494 e. The zero-order valence-corrected chi connectivity index (χ0v) is 20.0. The van der Waals surface area contributed by atoms with Gasteiger partial charge in [-0.05, 0) is 61.4 Å². The van der Waals surface area contributed by atoms with E-state index in [1.807, 2.05) is 6.92 Å². The summed E-state index contributed by atoms with van der Waals surface area (Å²) in [6.45, 7) is 5.38. The van der Waals surface area contributed by atoms with Gasteiger partial charge in [0, 0.05) is 17.6 Å². The van der Waals surface area contributed by atoms with Crippen LogP contribution in [0.4, 0.5) is 36.3 Å². The third-order valence-corrected chi connectivity index (χ3v) is 5.06. The number of nitrogens with one attached hydrogen (secondary N) is 2. The molecule has 0 fully saturated rings. The highest BCUT2D eigenvalue weighted by atomic mass is 19.4. The number of anilines is 4. The second-order valence-corrected chi connectivity index (χ2v) is 8.01. The minimum atomic E-state index is -4.61. The number of aromatic nitrogens is 2. The number of hydrogen-bond acceptors (Lipinski definition) is 6. The average Bonchev–Trinajstić information content (AvgIpc) is 2.84. The molecule has 35 heavy (non-hydrogen) atoms. The Balaban J connectivity index is 1.70. The number of rotatable bonds is 13. The van der Waals surface area contributed by atoms with Gasteiger partial charge in [0.15, 0.2) is 0 Å². The minimum absolute atomic E-state index is 0.0368. The van der Waals surface area contributed by atoms with Crippen LogP contribution >= 0.6 is 0 Å². The van der Waals surface area contributed by atoms with Crippen molar-refractivity contribution < 1.29 is 22.6 Å². The molecule has 0 unspecified atom stereocenters. The van der Waals surface area contributed by atoms with Gasteiger partial charge in [-0.1, -0.05) is 33.1 Å². The fourth-order valence-corrected chi connectivity index (χ4v) is 3.22. The molecule has 0 bridgehead atoms. The van der Waals surface area contributed by atoms with Gasteiger partial charge in [0.1, 0.15) is 22.9 Å². The Morgan fingerprint density at radius 2 is 1.34 bits per heavy atom. The highest BCUT2D eigenvalue weighted by molar-refractivity contribution is 5.63. The van der Waals surface area contributed by atoms with E-state index in [1.165, 1.54) is 6.42 Å². The standard InChI is InChI=1S/C26H31F3N4O2/c1-3-5-6-7-17-35-22-12-8-19(9-13-22)31-24-23(26(27,28)29)18-30-25(33-24)32-20-10-14-21(15-11-20)34-16-4-2/h8-15,18H,3-7,16-17H2,1-2H3,(H2,30,31,32,33). The molecule has 3 rings (SSSR count). The van der Waals surface area contributed by atoms with E-state index in [2.05, 4.69) is 27.5 Å². The average molecular weight is 489 g/mol. The molecule has 1 aromatic heterocycles. The molecular formula is C26H31F3N4O2. The van der Waals surface area contributed by atoms with Gasteiger partial charge >= 0.3 is 6.18 Å². The fourth-order valence-electron chi connectivity index (χ4n) is 3.22. The summed E-state index contributed by atoms with van der Waals surface area (Å²) in [5, 5.41) is 5.70. The first-order valence-corrected chi connectivity index (χ1v) is 11.8. The molecule has 0 aliphatic carbocycles. The summed E-state index contributed by atoms with van der Waals surface area (Å²) in [6.07, 6.45) is 1.45. The van der Waals surface area contributed by atoms with E-state index >= 15 is 0 Å². The lowest BCUT2D eigenvalue weighted by atomic mass is 10.2. The highest BCUT2D eigenvalue weighted by Gasteiger charge is 2.35. The lowest BCUT2D eigenvalue weighted by molar-refractivity contribution is -0.137. The third-order valence-electron chi connectivity index (χ3n) is 5.06. The molecule has 0 radical (unpaired) electrons. The number of ether oxygens (including phenoxy) is 2. The van der Waals surface area contributed by atoms with Gasteiger partial charge < -0.3 is 20.1 Å². The van der Waals surface area contributed by atoms with Crippen LogP contribution in [0.1, 0.15) is 51.5 Å². The number of nitrogens with zero attached hydrogens (tertiary/aromatic N) is 2. The van der Waals surface area contributed by atoms with Crippen molar-refractivity contribution in [1.82, 2.24) is 9.97 Å². The maximum absolute atomic E-state index is 13.6. The van der Waals surface area contributed by atoms with E-state index in [4.69, 9.17) is 9.47 Å². The van der Waals surface area contributed by atoms with E-state index in [1.54, 1.807) is 48.5 Å². The first kappa shape index (κ1) is 26.1. The quantitative estimate of drug-likeness (QED) is 0.240. The van der Waals surface area contributed by atoms with Crippen molar-refractivity contribution in [1.29, 1.82) is 0 Å². The van der Waals surface area contributed by atoms with Crippen molar-refractivity contribution in [2.75, 3.05) is 23.8 Å². The van der Waals surface area contributed by atoms with Crippen LogP contribution in [0.15, 0.2) is 54.7 Å². The maximum atomic E-state index is 13.6. The van der Waals surface area contributed by atoms with Crippen LogP contribution in [0.5, 0.6) is 11.5 Å². The summed E-state index contributed by atoms with van der Waals surface area (Å²) < 4.78 is 52.0. The third kappa shape index (κ3) is 8.35. The molecule has 0 saturated carbocycles. The Labute approximate surface area is 203 Å². The number of alkyl halides is 3. The molecule has 0 saturated heterocycles. The summed E-state index contributed by atoms with van der Waals surface area (Å²) >= 11 is 0. The smallest absolute Gasteiger partial charge is 0.421 e. The molecule has 0 amide bonds. The number of hydrogen-bond donors (Lipinski definition) is 2. The van der Waals surface area contributed by atoms with Gasteiger partial charge in [-0.2, -0.15) is 18.2 Å². The van der Waals surface area contributed by atoms with E-state index in [9.17, 15) is 13.2 Å². The van der Waals surface area contributed by atoms with E-state index in [0.29, 0.717) is 36.1 Å². The molecule has 2 N–H and O–H groups in total. The summed E-state index contributed by atoms with van der Waals surface area (Å²) in [5.74, 6) is 1.07. The Morgan fingerprint density at radius 1 is 0.743 bits per heavy atom. The van der Waals surface area contributed by atoms with Crippen molar-refractivity contribution in [3.63, 3.8) is 0 Å². The summed E-state index contributed by atoms with van der Waals surface area (Å²) in [6, 6.07) is 13.8. The van der Waals surface area contributed by atoms with Crippen molar-refractivity contribution in [3.05, 3.63) is 60.3 Å². The first-order chi connectivity index (χ1) is 16.9. The van der Waals surface area contributed by atoms with Crippen molar-refractivity contribution in [2.45, 2.75) is 52.1 Å². The van der Waals surface area contributed by atoms with Gasteiger partial charge in [-0.25, -0.2) is 4.98 Å². The van der Waals surface area contributed by atoms with Crippen molar-refractivity contribution in [2.24, 2.45) is 0 Å². The van der Waals surface area contributed by atoms with Crippen LogP contribution in [0, 0.1) is 0 Å². The predicted octanol–water partition coefficient (Wildman–Crippen LogP) is 7.73. The van der Waals surface area contributed by atoms with Crippen LogP contribution in [0.25, 0.3) is 0 Å². The Kier molecular flexibility index (Phi) is 9.57. The Bertz CT molecular complexity index is 1040. The normalized spacial score (nSPS) is 11.2. The lowest BCUT2D eigenvalue weighted by Gasteiger charge is -2.15. The lowest BCUT2D eigenvalue weighted by Crippen LogP contribution is -2.12. The molecule has 0 aliphatic heterocycles. The monoisotopic (exact) mass is 488 g/mol. The molecule has 6 nitrogen and oxygen atoms in total. The van der Waals surface area contributed by atoms with E-state index < -0.39 is 11.7 Å². The van der Waals surface area contributed by atoms with Crippen LogP contribution in [-0.2, 0) is 6.18 Å². The molecule has 188 valence electrons. The maximum Gasteiger partial charge on any atom is 0.421 e. The molecule has 0 aliphatic rings. The molecule has 3 aromatic rings. The highest BCUT2D eigenvalue weighted by Crippen LogP contribution is 2.35. The summed E-state index contributed by atoms with van der Waals surface area (Å²) in [7, 11) is 0. The Hall–Kier alpha value is -3.49. The number of halogens is 3. The van der Waals surface area contributed by atoms with Crippen LogP contribution in [0.3, 0.4) is 0 Å². The van der Waals surface area contributed by atoms with Crippen LogP contribution in [0.2, 0.25) is 0 Å². The second kappa shape index (κ2) is 12.8. The van der Waals surface area contributed by atoms with E-state index in [-0.39, 0.29) is 11.8 Å². The van der Waals surface area contributed by atoms with Gasteiger partial charge in [0.2, 0.25) is 5.95 Å². The van der Waals surface area contributed by atoms with Gasteiger partial charge in [0.05, 0.1) is 13.2 Å². The van der Waals surface area contributed by atoms with Crippen LogP contribution in [-0.4, -0.2) is 23.2 Å². The fraction of sp³-hybridized carbons (Fsp3) is 0.385. The zero-order valence-electron chi connectivity index (χ0n) is 20.0. The molecular weight excluding hydrogens is 457 g/mol. The van der Waals surface area contributed by atoms with Crippen molar-refractivity contribution >= 4 is 23.1 Å². The summed E-state index contributed by atoms with van der Waals surface area (Å²) in [5.41, 5.74) is 0.124. The van der Waals surface area contributed by atoms with Crippen LogP contribution < -0.4 is 20.1 Å². The summed E-state index contributed by atoms with van der Waals surface area (Å²) in [4.78, 5) is 7.94. The number of benzene rings is 2.